The lowest BCUT2D eigenvalue weighted by Gasteiger charge is -2.22. The van der Waals surface area contributed by atoms with E-state index < -0.39 is 6.04 Å². The summed E-state index contributed by atoms with van der Waals surface area (Å²) in [7, 11) is 1.61. The number of nitrogens with two attached hydrogens (primary N) is 1. The molecule has 0 saturated carbocycles. The van der Waals surface area contributed by atoms with Crippen LogP contribution in [0.25, 0.3) is 11.0 Å². The number of benzene rings is 1. The highest BCUT2D eigenvalue weighted by molar-refractivity contribution is 5.84. The van der Waals surface area contributed by atoms with Crippen molar-refractivity contribution >= 4 is 16.9 Å². The van der Waals surface area contributed by atoms with Crippen LogP contribution in [0.5, 0.6) is 5.75 Å². The number of fused-ring (bicyclic) bond motifs is 1. The summed E-state index contributed by atoms with van der Waals surface area (Å²) in [5, 5.41) is 4.19. The summed E-state index contributed by atoms with van der Waals surface area (Å²) in [6.07, 6.45) is 0. The number of hydrogen-bond donors (Lipinski definition) is 2. The molecule has 0 fully saturated rings. The first-order valence-corrected chi connectivity index (χ1v) is 7.05. The standard InChI is InChI=1S/C16H22N2O3/c1-9(2)14(16(17)19)18-10(3)13-8-11-6-5-7-12(20-4)15(11)21-13/h5-10,14,18H,1-4H3,(H2,17,19). The molecule has 5 nitrogen and oxygen atoms in total. The third-order valence-corrected chi connectivity index (χ3v) is 3.58. The normalized spacial score (nSPS) is 14.3. The summed E-state index contributed by atoms with van der Waals surface area (Å²) in [6.45, 7) is 5.86. The number of carbonyl (C=O) groups is 1. The van der Waals surface area contributed by atoms with E-state index in [1.54, 1.807) is 7.11 Å². The van der Waals surface area contributed by atoms with Gasteiger partial charge in [-0.3, -0.25) is 10.1 Å². The van der Waals surface area contributed by atoms with Crippen molar-refractivity contribution in [2.45, 2.75) is 32.9 Å². The maximum atomic E-state index is 11.5. The monoisotopic (exact) mass is 290 g/mol. The zero-order valence-corrected chi connectivity index (χ0v) is 12.8. The van der Waals surface area contributed by atoms with E-state index in [2.05, 4.69) is 5.32 Å². The van der Waals surface area contributed by atoms with Gasteiger partial charge >= 0.3 is 0 Å². The molecule has 0 spiro atoms. The van der Waals surface area contributed by atoms with Crippen molar-refractivity contribution in [2.24, 2.45) is 11.7 Å². The van der Waals surface area contributed by atoms with Crippen molar-refractivity contribution < 1.29 is 13.9 Å². The van der Waals surface area contributed by atoms with Crippen LogP contribution in [-0.4, -0.2) is 19.1 Å². The van der Waals surface area contributed by atoms with Gasteiger partial charge in [-0.1, -0.05) is 26.0 Å². The number of hydrogen-bond acceptors (Lipinski definition) is 4. The van der Waals surface area contributed by atoms with Crippen LogP contribution in [0.3, 0.4) is 0 Å². The predicted molar refractivity (Wildman–Crippen MR) is 82.1 cm³/mol. The zero-order valence-electron chi connectivity index (χ0n) is 12.8. The van der Waals surface area contributed by atoms with Gasteiger partial charge in [0.05, 0.1) is 19.2 Å². The van der Waals surface area contributed by atoms with Crippen molar-refractivity contribution in [1.82, 2.24) is 5.32 Å². The van der Waals surface area contributed by atoms with Crippen LogP contribution >= 0.6 is 0 Å². The van der Waals surface area contributed by atoms with Crippen molar-refractivity contribution in [3.05, 3.63) is 30.0 Å². The number of para-hydroxylation sites is 1. The number of nitrogens with one attached hydrogen (secondary N) is 1. The van der Waals surface area contributed by atoms with E-state index in [4.69, 9.17) is 14.9 Å². The minimum absolute atomic E-state index is 0.115. The summed E-state index contributed by atoms with van der Waals surface area (Å²) in [4.78, 5) is 11.5. The minimum atomic E-state index is -0.393. The van der Waals surface area contributed by atoms with Crippen LogP contribution < -0.4 is 15.8 Å². The largest absolute Gasteiger partial charge is 0.493 e. The molecule has 3 N–H and O–H groups in total. The molecule has 2 aromatic rings. The van der Waals surface area contributed by atoms with Crippen molar-refractivity contribution in [2.75, 3.05) is 7.11 Å². The first-order chi connectivity index (χ1) is 9.93. The Morgan fingerprint density at radius 1 is 1.33 bits per heavy atom. The Labute approximate surface area is 124 Å². The van der Waals surface area contributed by atoms with Gasteiger partial charge in [-0.05, 0) is 25.0 Å². The molecule has 0 aliphatic rings. The highest BCUT2D eigenvalue weighted by Gasteiger charge is 2.23. The molecule has 1 aromatic carbocycles. The number of furan rings is 1. The number of rotatable bonds is 6. The Morgan fingerprint density at radius 2 is 2.05 bits per heavy atom. The summed E-state index contributed by atoms with van der Waals surface area (Å²) < 4.78 is 11.2. The van der Waals surface area contributed by atoms with E-state index in [0.29, 0.717) is 11.3 Å². The predicted octanol–water partition coefficient (Wildman–Crippen LogP) is 2.60. The molecule has 0 saturated heterocycles. The molecule has 0 aliphatic heterocycles. The van der Waals surface area contributed by atoms with E-state index in [1.165, 1.54) is 0 Å². The molecule has 2 rings (SSSR count). The van der Waals surface area contributed by atoms with Gasteiger partial charge < -0.3 is 14.9 Å². The summed E-state index contributed by atoms with van der Waals surface area (Å²) in [5.74, 6) is 1.21. The van der Waals surface area contributed by atoms with Gasteiger partial charge in [0.25, 0.3) is 0 Å². The van der Waals surface area contributed by atoms with Crippen molar-refractivity contribution in [1.29, 1.82) is 0 Å². The highest BCUT2D eigenvalue weighted by Crippen LogP contribution is 2.31. The summed E-state index contributed by atoms with van der Waals surface area (Å²) in [5.41, 5.74) is 6.14. The summed E-state index contributed by atoms with van der Waals surface area (Å²) in [6, 6.07) is 7.17. The average molecular weight is 290 g/mol. The van der Waals surface area contributed by atoms with Crippen LogP contribution in [0, 0.1) is 5.92 Å². The average Bonchev–Trinajstić information content (AvgIpc) is 2.87. The first kappa shape index (κ1) is 15.4. The third kappa shape index (κ3) is 3.19. The van der Waals surface area contributed by atoms with Crippen molar-refractivity contribution in [3.63, 3.8) is 0 Å². The Hall–Kier alpha value is -2.01. The highest BCUT2D eigenvalue weighted by atomic mass is 16.5. The van der Waals surface area contributed by atoms with Crippen LogP contribution in [0.15, 0.2) is 28.7 Å². The van der Waals surface area contributed by atoms with Gasteiger partial charge in [-0.15, -0.1) is 0 Å². The molecule has 5 heteroatoms. The van der Waals surface area contributed by atoms with Crippen LogP contribution in [-0.2, 0) is 4.79 Å². The Kier molecular flexibility index (Phi) is 4.53. The molecule has 2 unspecified atom stereocenters. The molecule has 0 aliphatic carbocycles. The van der Waals surface area contributed by atoms with Crippen LogP contribution in [0.4, 0.5) is 0 Å². The van der Waals surface area contributed by atoms with Gasteiger partial charge in [0.15, 0.2) is 11.3 Å². The lowest BCUT2D eigenvalue weighted by atomic mass is 10.0. The molecular weight excluding hydrogens is 268 g/mol. The molecule has 114 valence electrons. The molecule has 1 aromatic heterocycles. The zero-order chi connectivity index (χ0) is 15.6. The van der Waals surface area contributed by atoms with Gasteiger partial charge in [-0.2, -0.15) is 0 Å². The van der Waals surface area contributed by atoms with E-state index in [-0.39, 0.29) is 17.9 Å². The topological polar surface area (TPSA) is 77.5 Å². The maximum Gasteiger partial charge on any atom is 0.234 e. The Bertz CT molecular complexity index is 633. The second-order valence-electron chi connectivity index (χ2n) is 5.54. The minimum Gasteiger partial charge on any atom is -0.493 e. The molecule has 0 radical (unpaired) electrons. The van der Waals surface area contributed by atoms with Crippen LogP contribution in [0.2, 0.25) is 0 Å². The number of amides is 1. The number of ether oxygens (including phenoxy) is 1. The van der Waals surface area contributed by atoms with Gasteiger partial charge in [0, 0.05) is 5.39 Å². The van der Waals surface area contributed by atoms with E-state index in [0.717, 1.165) is 11.1 Å². The Balaban J connectivity index is 2.27. The van der Waals surface area contributed by atoms with Crippen LogP contribution in [0.1, 0.15) is 32.6 Å². The molecule has 1 amide bonds. The lowest BCUT2D eigenvalue weighted by Crippen LogP contribution is -2.45. The number of methoxy groups -OCH3 is 1. The van der Waals surface area contributed by atoms with Crippen molar-refractivity contribution in [3.8, 4) is 5.75 Å². The summed E-state index contributed by atoms with van der Waals surface area (Å²) >= 11 is 0. The maximum absolute atomic E-state index is 11.5. The van der Waals surface area contributed by atoms with Gasteiger partial charge in [0.2, 0.25) is 5.91 Å². The molecule has 1 heterocycles. The second kappa shape index (κ2) is 6.18. The first-order valence-electron chi connectivity index (χ1n) is 7.05. The Morgan fingerprint density at radius 3 is 2.62 bits per heavy atom. The quantitative estimate of drug-likeness (QED) is 0.857. The third-order valence-electron chi connectivity index (χ3n) is 3.58. The fourth-order valence-corrected chi connectivity index (χ4v) is 2.38. The van der Waals surface area contributed by atoms with Gasteiger partial charge in [0.1, 0.15) is 5.76 Å². The molecular formula is C16H22N2O3. The molecule has 21 heavy (non-hydrogen) atoms. The fraction of sp³-hybridized carbons (Fsp3) is 0.438. The lowest BCUT2D eigenvalue weighted by molar-refractivity contribution is -0.121. The number of carbonyl (C=O) groups excluding carboxylic acids is 1. The van der Waals surface area contributed by atoms with E-state index >= 15 is 0 Å². The molecule has 0 bridgehead atoms. The molecule has 2 atom stereocenters. The SMILES string of the molecule is COc1cccc2cc(C(C)NC(C(N)=O)C(C)C)oc12. The fourth-order valence-electron chi connectivity index (χ4n) is 2.38. The number of primary amides is 1. The second-order valence-corrected chi connectivity index (χ2v) is 5.54. The van der Waals surface area contributed by atoms with Gasteiger partial charge in [-0.25, -0.2) is 0 Å². The van der Waals surface area contributed by atoms with E-state index in [1.807, 2.05) is 45.0 Å². The van der Waals surface area contributed by atoms with E-state index in [9.17, 15) is 4.79 Å². The smallest absolute Gasteiger partial charge is 0.234 e.